The van der Waals surface area contributed by atoms with Crippen molar-refractivity contribution >= 4 is 39.3 Å². The van der Waals surface area contributed by atoms with Gasteiger partial charge in [0.2, 0.25) is 0 Å². The summed E-state index contributed by atoms with van der Waals surface area (Å²) in [4.78, 5) is 30.9. The highest BCUT2D eigenvalue weighted by Gasteiger charge is 2.30. The van der Waals surface area contributed by atoms with E-state index in [-0.39, 0.29) is 12.5 Å². The number of carbonyl (C=O) groups is 2. The van der Waals surface area contributed by atoms with Crippen LogP contribution in [0.2, 0.25) is 0 Å². The zero-order valence-electron chi connectivity index (χ0n) is 22.0. The van der Waals surface area contributed by atoms with E-state index in [0.717, 1.165) is 55.4 Å². The maximum Gasteiger partial charge on any atom is 0.258 e. The summed E-state index contributed by atoms with van der Waals surface area (Å²) in [6.07, 6.45) is -0.592. The highest BCUT2D eigenvalue weighted by Crippen LogP contribution is 2.41. The first-order chi connectivity index (χ1) is 18.7. The van der Waals surface area contributed by atoms with Crippen LogP contribution in [0.25, 0.3) is 32.9 Å². The van der Waals surface area contributed by atoms with E-state index in [1.54, 1.807) is 13.0 Å². The Morgan fingerprint density at radius 1 is 1.05 bits per heavy atom. The summed E-state index contributed by atoms with van der Waals surface area (Å²) in [5, 5.41) is 11.4. The molecule has 7 heteroatoms. The van der Waals surface area contributed by atoms with Crippen LogP contribution < -0.4 is 15.4 Å². The minimum absolute atomic E-state index is 0.00000502. The molecule has 39 heavy (non-hydrogen) atoms. The largest absolute Gasteiger partial charge is 0.491 e. The average molecular weight is 520 g/mol. The van der Waals surface area contributed by atoms with Crippen molar-refractivity contribution in [3.8, 4) is 16.9 Å². The number of rotatable bonds is 6. The number of aromatic nitrogens is 1. The summed E-state index contributed by atoms with van der Waals surface area (Å²) in [5.74, 6) is 0.0857. The zero-order chi connectivity index (χ0) is 27.4. The molecular weight excluding hydrogens is 490 g/mol. The Kier molecular flexibility index (Phi) is 5.88. The monoisotopic (exact) mass is 519 g/mol. The molecule has 0 bridgehead atoms. The van der Waals surface area contributed by atoms with Crippen molar-refractivity contribution in [3.05, 3.63) is 94.5 Å². The molecule has 7 nitrogen and oxygen atoms in total. The fraction of sp³-hybridized carbons (Fsp3) is 0.188. The number of aromatic amines is 1. The van der Waals surface area contributed by atoms with Crippen LogP contribution in [0.5, 0.6) is 5.75 Å². The number of carbonyl (C=O) groups excluding carboxylic acids is 2. The molecule has 2 amide bonds. The maximum atomic E-state index is 13.4. The summed E-state index contributed by atoms with van der Waals surface area (Å²) in [6, 6.07) is 21.3. The predicted molar refractivity (Wildman–Crippen MR) is 153 cm³/mol. The summed E-state index contributed by atoms with van der Waals surface area (Å²) in [7, 11) is 0. The number of hydrogen-bond acceptors (Lipinski definition) is 4. The number of nitrogens with two attached hydrogens (primary N) is 1. The van der Waals surface area contributed by atoms with Gasteiger partial charge in [-0.15, -0.1) is 0 Å². The van der Waals surface area contributed by atoms with Crippen molar-refractivity contribution < 1.29 is 19.4 Å². The summed E-state index contributed by atoms with van der Waals surface area (Å²) in [5.41, 5.74) is 14.1. The van der Waals surface area contributed by atoms with Gasteiger partial charge in [-0.2, -0.15) is 0 Å². The van der Waals surface area contributed by atoms with Gasteiger partial charge in [-0.05, 0) is 73.4 Å². The van der Waals surface area contributed by atoms with Gasteiger partial charge in [0.25, 0.3) is 11.8 Å². The second-order valence-electron chi connectivity index (χ2n) is 10.3. The number of fused-ring (bicyclic) bond motifs is 4. The van der Waals surface area contributed by atoms with Gasteiger partial charge in [0.05, 0.1) is 29.2 Å². The maximum absolute atomic E-state index is 13.4. The molecule has 1 aromatic heterocycles. The molecule has 5 aromatic rings. The van der Waals surface area contributed by atoms with Crippen molar-refractivity contribution in [3.63, 3.8) is 0 Å². The number of nitrogens with one attached hydrogen (secondary N) is 1. The lowest BCUT2D eigenvalue weighted by atomic mass is 9.93. The van der Waals surface area contributed by atoms with Crippen LogP contribution in [-0.4, -0.2) is 34.6 Å². The molecule has 4 aromatic carbocycles. The number of benzene rings is 4. The number of aliphatic hydroxyl groups is 1. The van der Waals surface area contributed by atoms with Gasteiger partial charge in [-0.3, -0.25) is 9.59 Å². The Hall–Kier alpha value is -4.62. The second kappa shape index (κ2) is 9.29. The van der Waals surface area contributed by atoms with Crippen LogP contribution in [0.3, 0.4) is 0 Å². The second-order valence-corrected chi connectivity index (χ2v) is 10.3. The number of hydrogen-bond donors (Lipinski definition) is 3. The Bertz CT molecular complexity index is 1800. The quantitative estimate of drug-likeness (QED) is 0.270. The van der Waals surface area contributed by atoms with Crippen molar-refractivity contribution in [2.24, 2.45) is 5.73 Å². The topological polar surface area (TPSA) is 109 Å². The first-order valence-corrected chi connectivity index (χ1v) is 12.9. The van der Waals surface area contributed by atoms with Gasteiger partial charge >= 0.3 is 0 Å². The fourth-order valence-electron chi connectivity index (χ4n) is 5.55. The van der Waals surface area contributed by atoms with Crippen molar-refractivity contribution in [1.29, 1.82) is 0 Å². The van der Waals surface area contributed by atoms with E-state index in [2.05, 4.69) is 4.98 Å². The zero-order valence-corrected chi connectivity index (χ0v) is 22.0. The number of nitrogens with zero attached hydrogens (tertiary/aromatic N) is 1. The Morgan fingerprint density at radius 2 is 1.87 bits per heavy atom. The molecule has 4 N–H and O–H groups in total. The van der Waals surface area contributed by atoms with E-state index in [0.29, 0.717) is 23.4 Å². The van der Waals surface area contributed by atoms with E-state index >= 15 is 0 Å². The van der Waals surface area contributed by atoms with Crippen LogP contribution in [0.1, 0.15) is 44.3 Å². The van der Waals surface area contributed by atoms with Gasteiger partial charge in [-0.25, -0.2) is 0 Å². The lowest BCUT2D eigenvalue weighted by Crippen LogP contribution is -2.24. The van der Waals surface area contributed by atoms with Gasteiger partial charge in [0.15, 0.2) is 0 Å². The normalized spacial score (nSPS) is 13.7. The number of aryl methyl sites for hydroxylation is 1. The SMILES string of the molecule is Cc1ccc2c(c1)C(=O)N(c1cccc(-c3ccc(C(N)=O)c4[nH]c5cc(OCC(C)O)ccc5c34)c1C)C2. The molecule has 0 fully saturated rings. The Balaban J connectivity index is 1.50. The number of H-pyrrole nitrogens is 1. The van der Waals surface area contributed by atoms with E-state index in [4.69, 9.17) is 10.5 Å². The molecule has 1 atom stereocenters. The molecular formula is C32H29N3O4. The average Bonchev–Trinajstić information content (AvgIpc) is 3.44. The molecule has 1 aliphatic rings. The minimum atomic E-state index is -0.592. The van der Waals surface area contributed by atoms with Crippen molar-refractivity contribution in [2.75, 3.05) is 11.5 Å². The first kappa shape index (κ1) is 24.7. The highest BCUT2D eigenvalue weighted by molar-refractivity contribution is 6.20. The standard InChI is InChI=1S/C32H29N3O4/c1-17-7-8-20-15-35(32(38)26(20)13-17)28-6-4-5-22(19(28)3)23-11-12-25(31(33)37)30-29(23)24-10-9-21(14-27(24)34-30)39-16-18(2)36/h4-14,18,34,36H,15-16H2,1-3H3,(H2,33,37). The minimum Gasteiger partial charge on any atom is -0.491 e. The molecule has 1 aliphatic heterocycles. The molecule has 1 unspecified atom stereocenters. The molecule has 0 radical (unpaired) electrons. The number of primary amides is 1. The number of aliphatic hydroxyl groups excluding tert-OH is 1. The van der Waals surface area contributed by atoms with E-state index in [1.807, 2.05) is 79.4 Å². The predicted octanol–water partition coefficient (Wildman–Crippen LogP) is 5.62. The highest BCUT2D eigenvalue weighted by atomic mass is 16.5. The third kappa shape index (κ3) is 4.11. The number of anilines is 1. The molecule has 2 heterocycles. The molecule has 0 aliphatic carbocycles. The molecule has 0 saturated heterocycles. The van der Waals surface area contributed by atoms with E-state index < -0.39 is 12.0 Å². The van der Waals surface area contributed by atoms with Crippen molar-refractivity contribution in [1.82, 2.24) is 4.98 Å². The summed E-state index contributed by atoms with van der Waals surface area (Å²) in [6.45, 7) is 6.38. The third-order valence-electron chi connectivity index (χ3n) is 7.44. The van der Waals surface area contributed by atoms with Crippen LogP contribution in [0.4, 0.5) is 5.69 Å². The summed E-state index contributed by atoms with van der Waals surface area (Å²) < 4.78 is 5.70. The third-order valence-corrected chi connectivity index (χ3v) is 7.44. The van der Waals surface area contributed by atoms with Crippen LogP contribution in [-0.2, 0) is 6.54 Å². The lowest BCUT2D eigenvalue weighted by Gasteiger charge is -2.21. The molecule has 196 valence electrons. The van der Waals surface area contributed by atoms with E-state index in [9.17, 15) is 14.7 Å². The van der Waals surface area contributed by atoms with Crippen LogP contribution in [0.15, 0.2) is 66.7 Å². The smallest absolute Gasteiger partial charge is 0.258 e. The van der Waals surface area contributed by atoms with Gasteiger partial charge < -0.3 is 25.5 Å². The number of amides is 2. The van der Waals surface area contributed by atoms with Gasteiger partial charge in [0.1, 0.15) is 12.4 Å². The Labute approximate surface area is 225 Å². The van der Waals surface area contributed by atoms with Crippen LogP contribution in [0, 0.1) is 13.8 Å². The number of ether oxygens (including phenoxy) is 1. The van der Waals surface area contributed by atoms with E-state index in [1.165, 1.54) is 0 Å². The Morgan fingerprint density at radius 3 is 2.64 bits per heavy atom. The molecule has 6 rings (SSSR count). The van der Waals surface area contributed by atoms with Gasteiger partial charge in [-0.1, -0.05) is 35.9 Å². The molecule has 0 spiro atoms. The van der Waals surface area contributed by atoms with Crippen molar-refractivity contribution in [2.45, 2.75) is 33.4 Å². The van der Waals surface area contributed by atoms with Gasteiger partial charge in [0, 0.05) is 28.1 Å². The van der Waals surface area contributed by atoms with Crippen LogP contribution >= 0.6 is 0 Å². The lowest BCUT2D eigenvalue weighted by molar-refractivity contribution is 0.0990. The molecule has 0 saturated carbocycles. The fourth-order valence-corrected chi connectivity index (χ4v) is 5.55. The first-order valence-electron chi connectivity index (χ1n) is 12.9. The summed E-state index contributed by atoms with van der Waals surface area (Å²) >= 11 is 0.